The summed E-state index contributed by atoms with van der Waals surface area (Å²) in [6, 6.07) is 0. The van der Waals surface area contributed by atoms with Gasteiger partial charge in [-0.15, -0.1) is 0 Å². The molecular weight excluding hydrogens is 326 g/mol. The minimum Gasteiger partial charge on any atom is -0.480 e. The number of carboxylic acids is 3. The maximum atomic E-state index is 11.3. The van der Waals surface area contributed by atoms with Crippen molar-refractivity contribution in [2.45, 2.75) is 11.8 Å². The van der Waals surface area contributed by atoms with Crippen molar-refractivity contribution in [3.05, 3.63) is 0 Å². The van der Waals surface area contributed by atoms with Crippen molar-refractivity contribution >= 4 is 33.1 Å². The van der Waals surface area contributed by atoms with Gasteiger partial charge in [-0.2, -0.15) is 0 Å². The highest BCUT2D eigenvalue weighted by molar-refractivity contribution is 7.74. The summed E-state index contributed by atoms with van der Waals surface area (Å²) >= 11 is 0. The number of rotatable bonds is 6. The van der Waals surface area contributed by atoms with E-state index in [0.29, 0.717) is 0 Å². The summed E-state index contributed by atoms with van der Waals surface area (Å²) in [5.41, 5.74) is -3.99. The van der Waals surface area contributed by atoms with E-state index in [1.807, 2.05) is 0 Å². The lowest BCUT2D eigenvalue weighted by molar-refractivity contribution is -0.170. The quantitative estimate of drug-likeness (QED) is 0.212. The standard InChI is InChI=1S/C6H10O12P2/c1-5(2(7)8,3(9)10)6(4(11)12,19(13,14)15)20(16,17)18/h1H3,(H,7,8)(H,9,10)(H,11,12)(H2,13,14,15)(H2,16,17,18). The molecule has 0 aliphatic rings. The minimum absolute atomic E-state index is 0.00995. The first kappa shape index (κ1) is 18.7. The zero-order valence-electron chi connectivity index (χ0n) is 9.57. The van der Waals surface area contributed by atoms with Crippen LogP contribution in [0.1, 0.15) is 6.92 Å². The number of carboxylic acid groups (broad SMARTS) is 3. The highest BCUT2D eigenvalue weighted by Crippen LogP contribution is 2.75. The van der Waals surface area contributed by atoms with E-state index in [9.17, 15) is 23.5 Å². The van der Waals surface area contributed by atoms with Crippen LogP contribution < -0.4 is 0 Å². The largest absolute Gasteiger partial charge is 0.480 e. The van der Waals surface area contributed by atoms with Crippen LogP contribution in [0.2, 0.25) is 0 Å². The van der Waals surface area contributed by atoms with Crippen molar-refractivity contribution in [3.8, 4) is 0 Å². The van der Waals surface area contributed by atoms with Gasteiger partial charge in [0, 0.05) is 0 Å². The molecule has 0 atom stereocenters. The summed E-state index contributed by atoms with van der Waals surface area (Å²) in [4.78, 5) is 64.3. The van der Waals surface area contributed by atoms with Crippen LogP contribution in [0.25, 0.3) is 0 Å². The molecule has 0 aromatic carbocycles. The molecule has 0 heterocycles. The Morgan fingerprint density at radius 1 is 0.750 bits per heavy atom. The Morgan fingerprint density at radius 2 is 1.00 bits per heavy atom. The van der Waals surface area contributed by atoms with E-state index in [-0.39, 0.29) is 6.92 Å². The lowest BCUT2D eigenvalue weighted by Crippen LogP contribution is -2.60. The van der Waals surface area contributed by atoms with E-state index in [4.69, 9.17) is 34.9 Å². The Bertz CT molecular complexity index is 514. The molecule has 14 heteroatoms. The molecule has 0 saturated heterocycles. The van der Waals surface area contributed by atoms with Gasteiger partial charge in [-0.1, -0.05) is 0 Å². The summed E-state index contributed by atoms with van der Waals surface area (Å²) in [6.07, 6.45) is 0. The molecule has 20 heavy (non-hydrogen) atoms. The number of aliphatic carboxylic acids is 3. The predicted octanol–water partition coefficient (Wildman–Crippen LogP) is -1.70. The van der Waals surface area contributed by atoms with Crippen LogP contribution in [0.3, 0.4) is 0 Å². The zero-order valence-corrected chi connectivity index (χ0v) is 11.4. The highest BCUT2D eigenvalue weighted by Gasteiger charge is 2.81. The first-order chi connectivity index (χ1) is 8.58. The second-order valence-electron chi connectivity index (χ2n) is 3.80. The fourth-order valence-electron chi connectivity index (χ4n) is 1.61. The van der Waals surface area contributed by atoms with Crippen molar-refractivity contribution in [1.82, 2.24) is 0 Å². The van der Waals surface area contributed by atoms with Gasteiger partial charge >= 0.3 is 33.1 Å². The van der Waals surface area contributed by atoms with Gasteiger partial charge in [0.25, 0.3) is 4.90 Å². The third-order valence-corrected chi connectivity index (χ3v) is 7.22. The molecule has 0 saturated carbocycles. The fraction of sp³-hybridized carbons (Fsp3) is 0.500. The van der Waals surface area contributed by atoms with E-state index < -0.39 is 43.4 Å². The third-order valence-electron chi connectivity index (χ3n) is 2.69. The Morgan fingerprint density at radius 3 is 1.05 bits per heavy atom. The predicted molar refractivity (Wildman–Crippen MR) is 57.8 cm³/mol. The maximum absolute atomic E-state index is 11.3. The SMILES string of the molecule is CC(C(=O)O)(C(=O)O)C(C(=O)O)(P(=O)(O)O)P(=O)(O)O. The number of hydrogen-bond acceptors (Lipinski definition) is 5. The van der Waals surface area contributed by atoms with E-state index in [2.05, 4.69) is 0 Å². The van der Waals surface area contributed by atoms with Crippen LogP contribution in [0.4, 0.5) is 0 Å². The molecule has 0 aromatic rings. The van der Waals surface area contributed by atoms with Crippen molar-refractivity contribution < 1.29 is 58.4 Å². The van der Waals surface area contributed by atoms with Crippen LogP contribution in [0.15, 0.2) is 0 Å². The summed E-state index contributed by atoms with van der Waals surface area (Å²) in [5, 5.41) is 26.4. The Balaban J connectivity index is 7.16. The molecule has 0 aromatic heterocycles. The molecule has 0 amide bonds. The van der Waals surface area contributed by atoms with Gasteiger partial charge < -0.3 is 34.9 Å². The Hall–Kier alpha value is -1.29. The molecule has 0 bridgehead atoms. The molecule has 0 radical (unpaired) electrons. The first-order valence-corrected chi connectivity index (χ1v) is 7.62. The average molecular weight is 336 g/mol. The van der Waals surface area contributed by atoms with Gasteiger partial charge in [0.1, 0.15) is 0 Å². The van der Waals surface area contributed by atoms with Gasteiger partial charge in [0.15, 0.2) is 0 Å². The molecule has 0 rings (SSSR count). The smallest absolute Gasteiger partial charge is 0.357 e. The highest BCUT2D eigenvalue weighted by atomic mass is 31.2. The molecule has 0 aliphatic heterocycles. The maximum Gasteiger partial charge on any atom is 0.357 e. The van der Waals surface area contributed by atoms with Crippen LogP contribution >= 0.6 is 15.2 Å². The molecule has 116 valence electrons. The Labute approximate surface area is 110 Å². The molecule has 0 unspecified atom stereocenters. The van der Waals surface area contributed by atoms with Crippen molar-refractivity contribution in [2.24, 2.45) is 5.41 Å². The molecule has 7 N–H and O–H groups in total. The second-order valence-corrected chi connectivity index (χ2v) is 7.67. The fourth-order valence-corrected chi connectivity index (χ4v) is 5.01. The minimum atomic E-state index is -6.44. The average Bonchev–Trinajstić information content (AvgIpc) is 2.11. The van der Waals surface area contributed by atoms with Gasteiger partial charge in [0.2, 0.25) is 5.41 Å². The monoisotopic (exact) mass is 336 g/mol. The molecular formula is C6H10O12P2. The third kappa shape index (κ3) is 2.16. The van der Waals surface area contributed by atoms with Crippen molar-refractivity contribution in [3.63, 3.8) is 0 Å². The molecule has 0 fully saturated rings. The number of carbonyl (C=O) groups is 3. The zero-order chi connectivity index (χ0) is 16.7. The van der Waals surface area contributed by atoms with E-state index in [1.54, 1.807) is 0 Å². The first-order valence-electron chi connectivity index (χ1n) is 4.40. The lowest BCUT2D eigenvalue weighted by Gasteiger charge is -2.39. The van der Waals surface area contributed by atoms with Crippen molar-refractivity contribution in [1.29, 1.82) is 0 Å². The lowest BCUT2D eigenvalue weighted by atomic mass is 9.85. The van der Waals surface area contributed by atoms with Crippen LogP contribution in [-0.2, 0) is 23.5 Å². The van der Waals surface area contributed by atoms with Gasteiger partial charge in [-0.25, -0.2) is 0 Å². The van der Waals surface area contributed by atoms with Gasteiger partial charge in [-0.3, -0.25) is 23.5 Å². The Kier molecular flexibility index (Phi) is 4.60. The number of hydrogen-bond donors (Lipinski definition) is 7. The topological polar surface area (TPSA) is 227 Å². The second kappa shape index (κ2) is 4.92. The summed E-state index contributed by atoms with van der Waals surface area (Å²) < 4.78 is 22.6. The normalized spacial score (nSPS) is 13.8. The van der Waals surface area contributed by atoms with E-state index in [0.717, 1.165) is 0 Å². The van der Waals surface area contributed by atoms with Crippen LogP contribution in [0, 0.1) is 5.41 Å². The van der Waals surface area contributed by atoms with Crippen LogP contribution in [0.5, 0.6) is 0 Å². The molecule has 0 spiro atoms. The van der Waals surface area contributed by atoms with Gasteiger partial charge in [0.05, 0.1) is 0 Å². The van der Waals surface area contributed by atoms with E-state index in [1.165, 1.54) is 0 Å². The van der Waals surface area contributed by atoms with Crippen molar-refractivity contribution in [2.75, 3.05) is 0 Å². The van der Waals surface area contributed by atoms with Crippen LogP contribution in [-0.4, -0.2) is 57.7 Å². The summed E-state index contributed by atoms with van der Waals surface area (Å²) in [6.45, 7) is -0.00995. The summed E-state index contributed by atoms with van der Waals surface area (Å²) in [7, 11) is -12.9. The summed E-state index contributed by atoms with van der Waals surface area (Å²) in [5.74, 6) is -8.23. The van der Waals surface area contributed by atoms with Gasteiger partial charge in [-0.05, 0) is 6.92 Å². The molecule has 12 nitrogen and oxygen atoms in total. The van der Waals surface area contributed by atoms with E-state index >= 15 is 0 Å². The molecule has 0 aliphatic carbocycles.